The molecule has 0 unspecified atom stereocenters. The monoisotopic (exact) mass is 373 g/mol. The van der Waals surface area contributed by atoms with Crippen LogP contribution < -0.4 is 16.1 Å². The lowest BCUT2D eigenvalue weighted by molar-refractivity contribution is 0.246. The highest BCUT2D eigenvalue weighted by Crippen LogP contribution is 2.25. The van der Waals surface area contributed by atoms with Gasteiger partial charge >= 0.3 is 5.69 Å². The number of piperazine rings is 1. The first-order valence-electron chi connectivity index (χ1n) is 8.65. The van der Waals surface area contributed by atoms with Crippen molar-refractivity contribution in [3.05, 3.63) is 62.4 Å². The minimum atomic E-state index is -0.364. The molecule has 0 radical (unpaired) electrons. The van der Waals surface area contributed by atoms with Gasteiger partial charge in [-0.15, -0.1) is 0 Å². The predicted octanol–water partition coefficient (Wildman–Crippen LogP) is 1.49. The smallest absolute Gasteiger partial charge is 0.328 e. The van der Waals surface area contributed by atoms with Gasteiger partial charge in [0.1, 0.15) is 5.52 Å². The number of H-pyrrole nitrogens is 2. The van der Waals surface area contributed by atoms with E-state index >= 15 is 0 Å². The van der Waals surface area contributed by atoms with Crippen molar-refractivity contribution in [2.24, 2.45) is 0 Å². The van der Waals surface area contributed by atoms with Gasteiger partial charge in [-0.3, -0.25) is 14.3 Å². The Hall–Kier alpha value is -2.51. The lowest BCUT2D eigenvalue weighted by Gasteiger charge is -2.36. The van der Waals surface area contributed by atoms with E-state index in [1.54, 1.807) is 12.3 Å². The normalized spacial score (nSPS) is 15.7. The maximum absolute atomic E-state index is 12.4. The molecule has 0 aliphatic carbocycles. The molecule has 0 amide bonds. The molecule has 3 aromatic rings. The summed E-state index contributed by atoms with van der Waals surface area (Å²) in [5.41, 5.74) is 1.40. The average Bonchev–Trinajstić information content (AvgIpc) is 3.11. The Morgan fingerprint density at radius 2 is 1.77 bits per heavy atom. The molecule has 4 rings (SSSR count). The van der Waals surface area contributed by atoms with E-state index in [-0.39, 0.29) is 11.2 Å². The molecule has 2 N–H and O–H groups in total. The lowest BCUT2D eigenvalue weighted by Crippen LogP contribution is -2.48. The maximum atomic E-state index is 12.4. The highest BCUT2D eigenvalue weighted by atomic mass is 35.5. The molecule has 136 valence electrons. The second-order valence-electron chi connectivity index (χ2n) is 6.43. The van der Waals surface area contributed by atoms with Crippen LogP contribution in [0.25, 0.3) is 11.0 Å². The van der Waals surface area contributed by atoms with E-state index in [4.69, 9.17) is 11.6 Å². The van der Waals surface area contributed by atoms with Crippen LogP contribution in [0.2, 0.25) is 5.02 Å². The summed E-state index contributed by atoms with van der Waals surface area (Å²) in [5, 5.41) is 0.762. The number of fused-ring (bicyclic) bond motifs is 1. The minimum Gasteiger partial charge on any atom is -0.368 e. The summed E-state index contributed by atoms with van der Waals surface area (Å²) >= 11 is 6.27. The fourth-order valence-corrected chi connectivity index (χ4v) is 3.68. The number of rotatable bonds is 4. The van der Waals surface area contributed by atoms with Crippen molar-refractivity contribution in [2.75, 3.05) is 37.6 Å². The Morgan fingerprint density at radius 1 is 1.00 bits per heavy atom. The van der Waals surface area contributed by atoms with E-state index in [1.807, 2.05) is 24.3 Å². The Morgan fingerprint density at radius 3 is 2.54 bits per heavy atom. The van der Waals surface area contributed by atoms with Crippen LogP contribution in [0, 0.1) is 0 Å². The maximum Gasteiger partial charge on any atom is 0.328 e. The molecular formula is C18H20ClN5O2. The Kier molecular flexibility index (Phi) is 4.57. The van der Waals surface area contributed by atoms with Crippen LogP contribution in [0.15, 0.2) is 46.1 Å². The number of anilines is 1. The quantitative estimate of drug-likeness (QED) is 0.726. The number of halogens is 1. The molecule has 1 aromatic carbocycles. The molecule has 8 heteroatoms. The van der Waals surface area contributed by atoms with E-state index in [2.05, 4.69) is 19.8 Å². The highest BCUT2D eigenvalue weighted by Gasteiger charge is 2.19. The molecule has 1 saturated heterocycles. The molecule has 1 aliphatic rings. The van der Waals surface area contributed by atoms with E-state index in [0.717, 1.165) is 36.9 Å². The van der Waals surface area contributed by atoms with Gasteiger partial charge in [0.25, 0.3) is 5.56 Å². The number of hydrogen-bond donors (Lipinski definition) is 2. The van der Waals surface area contributed by atoms with E-state index in [0.29, 0.717) is 24.1 Å². The number of aromatic amines is 2. The first-order chi connectivity index (χ1) is 12.6. The number of nitrogens with zero attached hydrogens (tertiary/aromatic N) is 3. The van der Waals surface area contributed by atoms with Crippen LogP contribution in [0.4, 0.5) is 5.69 Å². The van der Waals surface area contributed by atoms with Crippen molar-refractivity contribution in [3.8, 4) is 0 Å². The van der Waals surface area contributed by atoms with Gasteiger partial charge in [0.15, 0.2) is 0 Å². The molecule has 0 atom stereocenters. The summed E-state index contributed by atoms with van der Waals surface area (Å²) < 4.78 is 1.26. The van der Waals surface area contributed by atoms with Gasteiger partial charge in [-0.25, -0.2) is 4.79 Å². The van der Waals surface area contributed by atoms with Gasteiger partial charge in [0.05, 0.1) is 16.2 Å². The number of benzene rings is 1. The summed E-state index contributed by atoms with van der Waals surface area (Å²) in [6, 6.07) is 9.54. The Balaban J connectivity index is 1.41. The molecular weight excluding hydrogens is 354 g/mol. The summed E-state index contributed by atoms with van der Waals surface area (Å²) in [6.07, 6.45) is 1.65. The standard InChI is InChI=1S/C18H20ClN5O2/c19-13-3-1-2-4-15(13)23-10-7-22(8-11-23)9-12-24-17(25)16-14(5-6-20-16)21-18(24)26/h1-6,20H,7-12H2,(H,21,26). The van der Waals surface area contributed by atoms with E-state index in [9.17, 15) is 9.59 Å². The highest BCUT2D eigenvalue weighted by molar-refractivity contribution is 6.33. The molecule has 3 heterocycles. The number of hydrogen-bond acceptors (Lipinski definition) is 4. The van der Waals surface area contributed by atoms with E-state index in [1.165, 1.54) is 4.57 Å². The van der Waals surface area contributed by atoms with Crippen molar-refractivity contribution >= 4 is 28.3 Å². The van der Waals surface area contributed by atoms with Crippen molar-refractivity contribution in [3.63, 3.8) is 0 Å². The van der Waals surface area contributed by atoms with Crippen molar-refractivity contribution in [1.82, 2.24) is 19.4 Å². The van der Waals surface area contributed by atoms with Gasteiger partial charge in [0.2, 0.25) is 0 Å². The van der Waals surface area contributed by atoms with Gasteiger partial charge in [-0.2, -0.15) is 0 Å². The molecule has 1 fully saturated rings. The fourth-order valence-electron chi connectivity index (χ4n) is 3.43. The largest absolute Gasteiger partial charge is 0.368 e. The van der Waals surface area contributed by atoms with Crippen LogP contribution in [0.5, 0.6) is 0 Å². The van der Waals surface area contributed by atoms with Crippen molar-refractivity contribution < 1.29 is 0 Å². The van der Waals surface area contributed by atoms with Crippen LogP contribution in [0.1, 0.15) is 0 Å². The van der Waals surface area contributed by atoms with Gasteiger partial charge in [-0.1, -0.05) is 23.7 Å². The Labute approximate surface area is 154 Å². The molecule has 1 aliphatic heterocycles. The number of nitrogens with one attached hydrogen (secondary N) is 2. The summed E-state index contributed by atoms with van der Waals surface area (Å²) in [6.45, 7) is 4.49. The van der Waals surface area contributed by atoms with Crippen LogP contribution in [-0.4, -0.2) is 52.2 Å². The average molecular weight is 374 g/mol. The molecule has 0 bridgehead atoms. The summed E-state index contributed by atoms with van der Waals surface area (Å²) in [4.78, 5) is 34.7. The second kappa shape index (κ2) is 7.01. The predicted molar refractivity (Wildman–Crippen MR) is 103 cm³/mol. The fraction of sp³-hybridized carbons (Fsp3) is 0.333. The van der Waals surface area contributed by atoms with E-state index < -0.39 is 0 Å². The zero-order valence-corrected chi connectivity index (χ0v) is 15.0. The molecule has 0 saturated carbocycles. The zero-order valence-electron chi connectivity index (χ0n) is 14.2. The third-order valence-electron chi connectivity index (χ3n) is 4.90. The number of para-hydroxylation sites is 1. The first kappa shape index (κ1) is 16.9. The van der Waals surface area contributed by atoms with Crippen molar-refractivity contribution in [2.45, 2.75) is 6.54 Å². The molecule has 7 nitrogen and oxygen atoms in total. The number of aromatic nitrogens is 3. The minimum absolute atomic E-state index is 0.275. The third-order valence-corrected chi connectivity index (χ3v) is 5.22. The van der Waals surface area contributed by atoms with Crippen molar-refractivity contribution in [1.29, 1.82) is 0 Å². The summed E-state index contributed by atoms with van der Waals surface area (Å²) in [5.74, 6) is 0. The summed E-state index contributed by atoms with van der Waals surface area (Å²) in [7, 11) is 0. The zero-order chi connectivity index (χ0) is 18.1. The lowest BCUT2D eigenvalue weighted by atomic mass is 10.2. The van der Waals surface area contributed by atoms with Crippen LogP contribution >= 0.6 is 11.6 Å². The topological polar surface area (TPSA) is 77.1 Å². The van der Waals surface area contributed by atoms with Crippen LogP contribution in [0.3, 0.4) is 0 Å². The van der Waals surface area contributed by atoms with Crippen LogP contribution in [-0.2, 0) is 6.54 Å². The molecule has 26 heavy (non-hydrogen) atoms. The second-order valence-corrected chi connectivity index (χ2v) is 6.84. The van der Waals surface area contributed by atoms with Gasteiger partial charge in [-0.05, 0) is 18.2 Å². The molecule has 2 aromatic heterocycles. The van der Waals surface area contributed by atoms with Gasteiger partial charge < -0.3 is 14.9 Å². The van der Waals surface area contributed by atoms with Gasteiger partial charge in [0, 0.05) is 45.5 Å². The first-order valence-corrected chi connectivity index (χ1v) is 9.03. The SMILES string of the molecule is O=c1[nH]c2cc[nH]c2c(=O)n1CCN1CCN(c2ccccc2Cl)CC1. The Bertz CT molecular complexity index is 1030. The molecule has 0 spiro atoms. The third kappa shape index (κ3) is 3.15.